The summed E-state index contributed by atoms with van der Waals surface area (Å²) < 4.78 is 0. The average molecular weight is 454 g/mol. The highest BCUT2D eigenvalue weighted by atomic mass is 16.2. The number of likely N-dealkylation sites (N-methyl/N-ethyl adjacent to an activating group) is 1. The van der Waals surface area contributed by atoms with Gasteiger partial charge in [0.1, 0.15) is 6.04 Å². The Balaban J connectivity index is 1.18. The normalized spacial score (nSPS) is 24.3. The highest BCUT2D eigenvalue weighted by Gasteiger charge is 2.45. The minimum Gasteiger partial charge on any atom is -0.371 e. The lowest BCUT2D eigenvalue weighted by atomic mass is 9.95. The summed E-state index contributed by atoms with van der Waals surface area (Å²) in [4.78, 5) is 57.8. The maximum absolute atomic E-state index is 13.0. The third-order valence-electron chi connectivity index (χ3n) is 7.53. The van der Waals surface area contributed by atoms with E-state index in [4.69, 9.17) is 0 Å². The van der Waals surface area contributed by atoms with E-state index >= 15 is 0 Å². The molecule has 1 unspecified atom stereocenters. The number of rotatable bonds is 7. The van der Waals surface area contributed by atoms with Gasteiger partial charge in [-0.05, 0) is 37.7 Å². The molecule has 9 heteroatoms. The number of piperidine rings is 1. The highest BCUT2D eigenvalue weighted by molar-refractivity contribution is 6.23. The number of anilines is 1. The minimum atomic E-state index is -0.927. The molecule has 0 aliphatic carbocycles. The third kappa shape index (κ3) is 3.83. The number of nitrogens with one attached hydrogen (secondary N) is 1. The second kappa shape index (κ2) is 8.53. The van der Waals surface area contributed by atoms with Crippen molar-refractivity contribution in [3.05, 3.63) is 29.3 Å². The van der Waals surface area contributed by atoms with Crippen LogP contribution in [0.1, 0.15) is 47.4 Å². The molecule has 1 N–H and O–H groups in total. The van der Waals surface area contributed by atoms with Crippen LogP contribution >= 0.6 is 0 Å². The predicted molar refractivity (Wildman–Crippen MR) is 122 cm³/mol. The molecule has 1 aromatic rings. The lowest BCUT2D eigenvalue weighted by molar-refractivity contribution is -0.136. The first kappa shape index (κ1) is 22.0. The summed E-state index contributed by atoms with van der Waals surface area (Å²) in [6, 6.07) is 5.10. The van der Waals surface area contributed by atoms with Gasteiger partial charge in [-0.2, -0.15) is 0 Å². The molecular formula is C24H31N5O4. The van der Waals surface area contributed by atoms with Gasteiger partial charge in [0.25, 0.3) is 11.8 Å². The number of fused-ring (bicyclic) bond motifs is 1. The summed E-state index contributed by atoms with van der Waals surface area (Å²) in [5.41, 5.74) is 1.60. The van der Waals surface area contributed by atoms with Gasteiger partial charge in [0.2, 0.25) is 11.8 Å². The Hall–Kier alpha value is -2.78. The van der Waals surface area contributed by atoms with Gasteiger partial charge in [-0.15, -0.1) is 0 Å². The Bertz CT molecular complexity index is 995. The van der Waals surface area contributed by atoms with Crippen LogP contribution < -0.4 is 10.2 Å². The van der Waals surface area contributed by atoms with E-state index in [2.05, 4.69) is 33.9 Å². The second-order valence-electron chi connectivity index (χ2n) is 9.54. The summed E-state index contributed by atoms with van der Waals surface area (Å²) in [5.74, 6) is -1.26. The van der Waals surface area contributed by atoms with Crippen LogP contribution in [0.25, 0.3) is 0 Å². The number of amides is 4. The molecule has 4 amide bonds. The standard InChI is InChI=1S/C24H31N5O4/c1-3-27(4-2)17-13-26(14-17)10-15-11-28(12-15)16-5-6-18-19(9-16)24(33)29(23(18)32)20-7-8-21(30)25-22(20)31/h5-6,9,15,17,20H,3-4,7-8,10-14H2,1-2H3,(H,25,30,31). The Kier molecular flexibility index (Phi) is 5.70. The van der Waals surface area contributed by atoms with Crippen molar-refractivity contribution in [2.75, 3.05) is 50.7 Å². The molecule has 3 fully saturated rings. The zero-order valence-corrected chi connectivity index (χ0v) is 19.2. The summed E-state index contributed by atoms with van der Waals surface area (Å²) in [6.07, 6.45) is 0.291. The first-order chi connectivity index (χ1) is 15.9. The molecule has 0 radical (unpaired) electrons. The molecule has 4 aliphatic rings. The van der Waals surface area contributed by atoms with Crippen molar-refractivity contribution in [3.8, 4) is 0 Å². The van der Waals surface area contributed by atoms with Crippen LogP contribution in [-0.2, 0) is 9.59 Å². The molecule has 9 nitrogen and oxygen atoms in total. The fraction of sp³-hybridized carbons (Fsp3) is 0.583. The molecule has 0 aromatic heterocycles. The number of likely N-dealkylation sites (tertiary alicyclic amines) is 1. The van der Waals surface area contributed by atoms with Crippen LogP contribution in [0.3, 0.4) is 0 Å². The van der Waals surface area contributed by atoms with Crippen molar-refractivity contribution < 1.29 is 19.2 Å². The Morgan fingerprint density at radius 2 is 1.67 bits per heavy atom. The molecule has 0 saturated carbocycles. The van der Waals surface area contributed by atoms with Gasteiger partial charge in [0.05, 0.1) is 11.1 Å². The van der Waals surface area contributed by atoms with E-state index in [0.29, 0.717) is 23.1 Å². The Morgan fingerprint density at radius 3 is 2.33 bits per heavy atom. The molecule has 5 rings (SSSR count). The van der Waals surface area contributed by atoms with E-state index in [0.717, 1.165) is 56.4 Å². The van der Waals surface area contributed by atoms with Gasteiger partial charge in [-0.25, -0.2) is 0 Å². The van der Waals surface area contributed by atoms with Crippen molar-refractivity contribution in [1.29, 1.82) is 0 Å². The third-order valence-corrected chi connectivity index (χ3v) is 7.53. The van der Waals surface area contributed by atoms with Crippen LogP contribution in [0.2, 0.25) is 0 Å². The van der Waals surface area contributed by atoms with Crippen molar-refractivity contribution in [2.45, 2.75) is 38.8 Å². The van der Waals surface area contributed by atoms with Crippen LogP contribution in [0, 0.1) is 5.92 Å². The molecule has 0 bridgehead atoms. The predicted octanol–water partition coefficient (Wildman–Crippen LogP) is 0.550. The molecule has 4 aliphatic heterocycles. The molecule has 1 atom stereocenters. The van der Waals surface area contributed by atoms with Crippen LogP contribution in [0.4, 0.5) is 5.69 Å². The van der Waals surface area contributed by atoms with E-state index in [1.165, 1.54) is 0 Å². The maximum atomic E-state index is 13.0. The van der Waals surface area contributed by atoms with Gasteiger partial charge >= 0.3 is 0 Å². The molecule has 0 spiro atoms. The summed E-state index contributed by atoms with van der Waals surface area (Å²) in [6.45, 7) is 11.9. The molecule has 3 saturated heterocycles. The number of carbonyl (C=O) groups is 4. The lowest BCUT2D eigenvalue weighted by Gasteiger charge is -2.49. The van der Waals surface area contributed by atoms with Gasteiger partial charge < -0.3 is 4.90 Å². The summed E-state index contributed by atoms with van der Waals surface area (Å²) in [7, 11) is 0. The van der Waals surface area contributed by atoms with E-state index in [-0.39, 0.29) is 18.7 Å². The largest absolute Gasteiger partial charge is 0.371 e. The van der Waals surface area contributed by atoms with E-state index in [9.17, 15) is 19.2 Å². The maximum Gasteiger partial charge on any atom is 0.262 e. The molecule has 1 aromatic carbocycles. The monoisotopic (exact) mass is 453 g/mol. The number of hydrogen-bond donors (Lipinski definition) is 1. The second-order valence-corrected chi connectivity index (χ2v) is 9.54. The minimum absolute atomic E-state index is 0.122. The smallest absolute Gasteiger partial charge is 0.262 e. The Morgan fingerprint density at radius 1 is 0.970 bits per heavy atom. The first-order valence-electron chi connectivity index (χ1n) is 12.0. The van der Waals surface area contributed by atoms with E-state index < -0.39 is 23.8 Å². The first-order valence-corrected chi connectivity index (χ1v) is 12.0. The number of nitrogens with zero attached hydrogens (tertiary/aromatic N) is 4. The van der Waals surface area contributed by atoms with Gasteiger partial charge in [-0.3, -0.25) is 39.2 Å². The number of hydrogen-bond acceptors (Lipinski definition) is 7. The van der Waals surface area contributed by atoms with Gasteiger partial charge in [0, 0.05) is 56.8 Å². The number of benzene rings is 1. The SMILES string of the molecule is CCN(CC)C1CN(CC2CN(c3ccc4c(c3)C(=O)N(C3CCC(=O)NC3=O)C4=O)C2)C1. The zero-order chi connectivity index (χ0) is 23.3. The van der Waals surface area contributed by atoms with Crippen LogP contribution in [0.15, 0.2) is 18.2 Å². The summed E-state index contributed by atoms with van der Waals surface area (Å²) in [5, 5.41) is 2.23. The van der Waals surface area contributed by atoms with Crippen molar-refractivity contribution in [1.82, 2.24) is 20.0 Å². The quantitative estimate of drug-likeness (QED) is 0.603. The van der Waals surface area contributed by atoms with Gasteiger partial charge in [-0.1, -0.05) is 13.8 Å². The van der Waals surface area contributed by atoms with E-state index in [1.54, 1.807) is 12.1 Å². The topological polar surface area (TPSA) is 93.3 Å². The van der Waals surface area contributed by atoms with Crippen LogP contribution in [-0.4, -0.2) is 96.2 Å². The van der Waals surface area contributed by atoms with Crippen LogP contribution in [0.5, 0.6) is 0 Å². The van der Waals surface area contributed by atoms with Crippen molar-refractivity contribution in [2.24, 2.45) is 5.92 Å². The fourth-order valence-corrected chi connectivity index (χ4v) is 5.58. The number of imide groups is 2. The molecule has 33 heavy (non-hydrogen) atoms. The fourth-order valence-electron chi connectivity index (χ4n) is 5.58. The zero-order valence-electron chi connectivity index (χ0n) is 19.2. The average Bonchev–Trinajstić information content (AvgIpc) is 2.98. The molecule has 176 valence electrons. The van der Waals surface area contributed by atoms with E-state index in [1.807, 2.05) is 6.07 Å². The lowest BCUT2D eigenvalue weighted by Crippen LogP contribution is -2.62. The van der Waals surface area contributed by atoms with Crippen molar-refractivity contribution >= 4 is 29.3 Å². The van der Waals surface area contributed by atoms with Crippen molar-refractivity contribution in [3.63, 3.8) is 0 Å². The highest BCUT2D eigenvalue weighted by Crippen LogP contribution is 2.33. The van der Waals surface area contributed by atoms with Gasteiger partial charge in [0.15, 0.2) is 0 Å². The summed E-state index contributed by atoms with van der Waals surface area (Å²) >= 11 is 0. The molecule has 4 heterocycles. The number of carbonyl (C=O) groups excluding carboxylic acids is 4. The molecular weight excluding hydrogens is 422 g/mol. The Labute approximate surface area is 193 Å².